The van der Waals surface area contributed by atoms with Crippen LogP contribution in [0.25, 0.3) is 0 Å². The van der Waals surface area contributed by atoms with Crippen LogP contribution >= 0.6 is 0 Å². The van der Waals surface area contributed by atoms with Gasteiger partial charge in [-0.15, -0.1) is 0 Å². The zero-order chi connectivity index (χ0) is 15.2. The first-order valence-electron chi connectivity index (χ1n) is 8.20. The number of hydrogen-bond acceptors (Lipinski definition) is 5. The summed E-state index contributed by atoms with van der Waals surface area (Å²) in [6, 6.07) is 0.201. The summed E-state index contributed by atoms with van der Waals surface area (Å²) in [6.07, 6.45) is 5.17. The Hall–Kier alpha value is -1.36. The Morgan fingerprint density at radius 2 is 2.10 bits per heavy atom. The van der Waals surface area contributed by atoms with E-state index in [0.29, 0.717) is 0 Å². The topological polar surface area (TPSA) is 61.3 Å². The molecule has 1 aromatic heterocycles. The van der Waals surface area contributed by atoms with Crippen molar-refractivity contribution in [2.24, 2.45) is 0 Å². The molecule has 1 aromatic rings. The van der Waals surface area contributed by atoms with Gasteiger partial charge in [-0.1, -0.05) is 13.8 Å². The molecule has 1 unspecified atom stereocenters. The Labute approximate surface area is 127 Å². The molecule has 2 N–H and O–H groups in total. The molecule has 0 aromatic carbocycles. The predicted octanol–water partition coefficient (Wildman–Crippen LogP) is 2.52. The number of aliphatic hydroxyl groups is 1. The lowest BCUT2D eigenvalue weighted by Gasteiger charge is -2.27. The van der Waals surface area contributed by atoms with Crippen molar-refractivity contribution < 1.29 is 5.11 Å². The van der Waals surface area contributed by atoms with Gasteiger partial charge in [0.15, 0.2) is 0 Å². The van der Waals surface area contributed by atoms with E-state index in [1.165, 1.54) is 0 Å². The largest absolute Gasteiger partial charge is 0.394 e. The summed E-state index contributed by atoms with van der Waals surface area (Å²) in [5, 5.41) is 13.0. The van der Waals surface area contributed by atoms with Crippen LogP contribution in [0.2, 0.25) is 0 Å². The van der Waals surface area contributed by atoms with Gasteiger partial charge in [-0.2, -0.15) is 0 Å². The normalized spacial score (nSPS) is 18.3. The molecule has 21 heavy (non-hydrogen) atoms. The van der Waals surface area contributed by atoms with Crippen molar-refractivity contribution >= 4 is 11.6 Å². The fraction of sp³-hybridized carbons (Fsp3) is 0.750. The number of aliphatic hydroxyl groups excluding tert-OH is 1. The smallest absolute Gasteiger partial charge is 0.137 e. The van der Waals surface area contributed by atoms with Crippen molar-refractivity contribution in [1.82, 2.24) is 9.97 Å². The molecule has 2 rings (SSSR count). The van der Waals surface area contributed by atoms with Gasteiger partial charge in [0.1, 0.15) is 17.5 Å². The van der Waals surface area contributed by atoms with Crippen molar-refractivity contribution in [1.29, 1.82) is 0 Å². The molecule has 0 radical (unpaired) electrons. The maximum atomic E-state index is 9.57. The summed E-state index contributed by atoms with van der Waals surface area (Å²) in [5.41, 5.74) is 1.10. The third kappa shape index (κ3) is 3.64. The molecular weight excluding hydrogens is 264 g/mol. The number of aryl methyl sites for hydroxylation is 1. The first-order valence-corrected chi connectivity index (χ1v) is 8.20. The molecule has 118 valence electrons. The minimum absolute atomic E-state index is 0.199. The van der Waals surface area contributed by atoms with Gasteiger partial charge in [0.2, 0.25) is 0 Å². The highest BCUT2D eigenvalue weighted by Crippen LogP contribution is 2.30. The highest BCUT2D eigenvalue weighted by atomic mass is 16.3. The number of nitrogens with one attached hydrogen (secondary N) is 1. The molecule has 1 fully saturated rings. The van der Waals surface area contributed by atoms with Crippen molar-refractivity contribution in [3.05, 3.63) is 11.4 Å². The fourth-order valence-corrected chi connectivity index (χ4v) is 2.88. The van der Waals surface area contributed by atoms with Crippen LogP contribution in [0.5, 0.6) is 0 Å². The second kappa shape index (κ2) is 7.59. The summed E-state index contributed by atoms with van der Waals surface area (Å²) in [4.78, 5) is 11.7. The van der Waals surface area contributed by atoms with E-state index in [0.717, 1.165) is 68.2 Å². The van der Waals surface area contributed by atoms with Crippen LogP contribution in [0.15, 0.2) is 0 Å². The Kier molecular flexibility index (Phi) is 5.79. The van der Waals surface area contributed by atoms with Crippen molar-refractivity contribution in [3.63, 3.8) is 0 Å². The summed E-state index contributed by atoms with van der Waals surface area (Å²) in [6.45, 7) is 8.47. The van der Waals surface area contributed by atoms with E-state index < -0.39 is 0 Å². The summed E-state index contributed by atoms with van der Waals surface area (Å²) >= 11 is 0. The van der Waals surface area contributed by atoms with Gasteiger partial charge in [-0.3, -0.25) is 0 Å². The Bertz CT molecular complexity index is 464. The molecule has 1 aliphatic heterocycles. The van der Waals surface area contributed by atoms with E-state index in [2.05, 4.69) is 36.0 Å². The monoisotopic (exact) mass is 292 g/mol. The lowest BCUT2D eigenvalue weighted by Crippen LogP contribution is -2.34. The van der Waals surface area contributed by atoms with Gasteiger partial charge < -0.3 is 15.3 Å². The molecule has 1 saturated heterocycles. The van der Waals surface area contributed by atoms with Gasteiger partial charge >= 0.3 is 0 Å². The van der Waals surface area contributed by atoms with Crippen molar-refractivity contribution in [2.45, 2.75) is 58.9 Å². The molecule has 1 aliphatic rings. The Morgan fingerprint density at radius 1 is 1.29 bits per heavy atom. The highest BCUT2D eigenvalue weighted by Gasteiger charge is 2.27. The summed E-state index contributed by atoms with van der Waals surface area (Å²) in [5.74, 6) is 2.86. The SMILES string of the molecule is CCCNc1nc(CCC)nc(N2CCCC2CO)c1C. The molecular formula is C16H28N4O. The standard InChI is InChI=1S/C16H28N4O/c1-4-7-14-18-15(17-9-5-2)12(3)16(19-14)20-10-6-8-13(20)11-21/h13,21H,4-11H2,1-3H3,(H,17,18,19). The summed E-state index contributed by atoms with van der Waals surface area (Å²) < 4.78 is 0. The minimum atomic E-state index is 0.199. The average Bonchev–Trinajstić information content (AvgIpc) is 2.96. The minimum Gasteiger partial charge on any atom is -0.394 e. The van der Waals surface area contributed by atoms with Gasteiger partial charge in [0.25, 0.3) is 0 Å². The zero-order valence-electron chi connectivity index (χ0n) is 13.5. The number of anilines is 2. The molecule has 5 heteroatoms. The zero-order valence-corrected chi connectivity index (χ0v) is 13.5. The molecule has 1 atom stereocenters. The van der Waals surface area contributed by atoms with E-state index in [-0.39, 0.29) is 12.6 Å². The molecule has 5 nitrogen and oxygen atoms in total. The van der Waals surface area contributed by atoms with Crippen LogP contribution in [-0.4, -0.2) is 40.8 Å². The molecule has 0 bridgehead atoms. The van der Waals surface area contributed by atoms with E-state index >= 15 is 0 Å². The van der Waals surface area contributed by atoms with E-state index in [1.807, 2.05) is 0 Å². The molecule has 0 amide bonds. The Balaban J connectivity index is 2.35. The highest BCUT2D eigenvalue weighted by molar-refractivity contribution is 5.59. The number of aromatic nitrogens is 2. The van der Waals surface area contributed by atoms with Crippen LogP contribution < -0.4 is 10.2 Å². The predicted molar refractivity (Wildman–Crippen MR) is 87.0 cm³/mol. The molecule has 0 saturated carbocycles. The molecule has 0 spiro atoms. The third-order valence-electron chi connectivity index (χ3n) is 4.04. The number of rotatable bonds is 7. The first kappa shape index (κ1) is 16.0. The van der Waals surface area contributed by atoms with Gasteiger partial charge in [0, 0.05) is 25.1 Å². The second-order valence-electron chi connectivity index (χ2n) is 5.79. The lowest BCUT2D eigenvalue weighted by molar-refractivity contribution is 0.266. The number of nitrogens with zero attached hydrogens (tertiary/aromatic N) is 3. The average molecular weight is 292 g/mol. The quantitative estimate of drug-likeness (QED) is 0.808. The van der Waals surface area contributed by atoms with Crippen LogP contribution in [-0.2, 0) is 6.42 Å². The van der Waals surface area contributed by atoms with Crippen LogP contribution in [0.4, 0.5) is 11.6 Å². The van der Waals surface area contributed by atoms with Crippen molar-refractivity contribution in [3.8, 4) is 0 Å². The van der Waals surface area contributed by atoms with Gasteiger partial charge in [-0.25, -0.2) is 9.97 Å². The van der Waals surface area contributed by atoms with Gasteiger partial charge in [0.05, 0.1) is 12.6 Å². The Morgan fingerprint density at radius 3 is 2.76 bits per heavy atom. The maximum absolute atomic E-state index is 9.57. The van der Waals surface area contributed by atoms with E-state index in [9.17, 15) is 5.11 Å². The van der Waals surface area contributed by atoms with Crippen LogP contribution in [0.3, 0.4) is 0 Å². The third-order valence-corrected chi connectivity index (χ3v) is 4.04. The van der Waals surface area contributed by atoms with Crippen LogP contribution in [0.1, 0.15) is 50.9 Å². The second-order valence-corrected chi connectivity index (χ2v) is 5.79. The van der Waals surface area contributed by atoms with Gasteiger partial charge in [-0.05, 0) is 32.6 Å². The maximum Gasteiger partial charge on any atom is 0.137 e. The van der Waals surface area contributed by atoms with Crippen molar-refractivity contribution in [2.75, 3.05) is 29.9 Å². The summed E-state index contributed by atoms with van der Waals surface area (Å²) in [7, 11) is 0. The first-order chi connectivity index (χ1) is 10.2. The van der Waals surface area contributed by atoms with E-state index in [1.54, 1.807) is 0 Å². The van der Waals surface area contributed by atoms with Crippen LogP contribution in [0, 0.1) is 6.92 Å². The fourth-order valence-electron chi connectivity index (χ4n) is 2.88. The molecule has 0 aliphatic carbocycles. The molecule has 2 heterocycles. The van der Waals surface area contributed by atoms with E-state index in [4.69, 9.17) is 4.98 Å². The lowest BCUT2D eigenvalue weighted by atomic mass is 10.2. The number of hydrogen-bond donors (Lipinski definition) is 2.